The molecule has 2 rings (SSSR count). The van der Waals surface area contributed by atoms with E-state index in [9.17, 15) is 18.4 Å². The number of para-hydroxylation sites is 1. The molecule has 0 heterocycles. The van der Waals surface area contributed by atoms with Crippen LogP contribution in [0.25, 0.3) is 0 Å². The number of carbonyl (C=O) groups is 2. The number of anilines is 1. The number of ether oxygens (including phenoxy) is 2. The average Bonchev–Trinajstić information content (AvgIpc) is 2.67. The molecule has 0 radical (unpaired) electrons. The van der Waals surface area contributed by atoms with Gasteiger partial charge < -0.3 is 20.1 Å². The first kappa shape index (κ1) is 20.2. The highest BCUT2D eigenvalue weighted by Gasteiger charge is 2.11. The number of methoxy groups -OCH3 is 1. The van der Waals surface area contributed by atoms with Crippen molar-refractivity contribution in [2.75, 3.05) is 25.5 Å². The molecule has 0 aliphatic rings. The van der Waals surface area contributed by atoms with E-state index in [0.29, 0.717) is 24.2 Å². The second-order valence-corrected chi connectivity index (χ2v) is 5.51. The highest BCUT2D eigenvalue weighted by molar-refractivity contribution is 5.96. The van der Waals surface area contributed by atoms with E-state index in [2.05, 4.69) is 15.4 Å². The molecule has 1 amide bonds. The smallest absolute Gasteiger partial charge is 0.387 e. The Morgan fingerprint density at radius 2 is 1.78 bits per heavy atom. The van der Waals surface area contributed by atoms with E-state index in [-0.39, 0.29) is 18.2 Å². The number of alkyl halides is 2. The second kappa shape index (κ2) is 10.1. The maximum absolute atomic E-state index is 12.1. The molecule has 0 aliphatic heterocycles. The van der Waals surface area contributed by atoms with Crippen LogP contribution in [0.1, 0.15) is 15.9 Å². The summed E-state index contributed by atoms with van der Waals surface area (Å²) in [4.78, 5) is 23.6. The minimum Gasteiger partial charge on any atom is -0.465 e. The lowest BCUT2D eigenvalue weighted by Gasteiger charge is -2.11. The molecular weight excluding hydrogens is 358 g/mol. The molecule has 8 heteroatoms. The molecule has 6 nitrogen and oxygen atoms in total. The molecule has 144 valence electrons. The molecule has 2 aromatic carbocycles. The largest absolute Gasteiger partial charge is 0.465 e. The molecule has 0 bridgehead atoms. The van der Waals surface area contributed by atoms with Crippen molar-refractivity contribution in [3.05, 3.63) is 59.7 Å². The zero-order chi connectivity index (χ0) is 19.6. The van der Waals surface area contributed by atoms with Gasteiger partial charge in [0.1, 0.15) is 5.75 Å². The van der Waals surface area contributed by atoms with Crippen molar-refractivity contribution in [1.82, 2.24) is 5.32 Å². The Morgan fingerprint density at radius 3 is 2.44 bits per heavy atom. The van der Waals surface area contributed by atoms with Crippen LogP contribution in [0.4, 0.5) is 14.5 Å². The topological polar surface area (TPSA) is 76.7 Å². The maximum atomic E-state index is 12.1. The fourth-order valence-electron chi connectivity index (χ4n) is 2.35. The van der Waals surface area contributed by atoms with E-state index in [1.807, 2.05) is 0 Å². The first-order valence-electron chi connectivity index (χ1n) is 8.21. The fourth-order valence-corrected chi connectivity index (χ4v) is 2.35. The van der Waals surface area contributed by atoms with E-state index in [1.165, 1.54) is 19.2 Å². The molecule has 0 saturated heterocycles. The fraction of sp³-hybridized carbons (Fsp3) is 0.263. The minimum atomic E-state index is -2.85. The predicted octanol–water partition coefficient (Wildman–Crippen LogP) is 2.85. The monoisotopic (exact) mass is 378 g/mol. The number of benzene rings is 2. The van der Waals surface area contributed by atoms with Gasteiger partial charge in [-0.25, -0.2) is 4.79 Å². The van der Waals surface area contributed by atoms with Crippen LogP contribution >= 0.6 is 0 Å². The van der Waals surface area contributed by atoms with E-state index in [4.69, 9.17) is 4.74 Å². The zero-order valence-electron chi connectivity index (χ0n) is 14.7. The molecular formula is C19H20F2N2O4. The lowest BCUT2D eigenvalue weighted by atomic mass is 10.1. The summed E-state index contributed by atoms with van der Waals surface area (Å²) in [5.41, 5.74) is 1.73. The molecule has 2 N–H and O–H groups in total. The van der Waals surface area contributed by atoms with Gasteiger partial charge in [0.05, 0.1) is 19.2 Å². The molecule has 0 atom stereocenters. The van der Waals surface area contributed by atoms with E-state index in [0.717, 1.165) is 5.56 Å². The Morgan fingerprint density at radius 1 is 1.07 bits per heavy atom. The number of rotatable bonds is 9. The van der Waals surface area contributed by atoms with Crippen LogP contribution in [0.15, 0.2) is 48.5 Å². The standard InChI is InChI=1S/C19H20F2N2O4/c1-26-18(25)15-4-2-3-5-16(15)23-12-17(24)22-11-10-13-6-8-14(9-7-13)27-19(20)21/h2-9,19,23H,10-12H2,1H3,(H,22,24). The maximum Gasteiger partial charge on any atom is 0.387 e. The Balaban J connectivity index is 1.76. The van der Waals surface area contributed by atoms with Gasteiger partial charge in [0, 0.05) is 12.2 Å². The number of esters is 1. The summed E-state index contributed by atoms with van der Waals surface area (Å²) < 4.78 is 33.2. The molecule has 0 spiro atoms. The quantitative estimate of drug-likeness (QED) is 0.656. The number of halogens is 2. The lowest BCUT2D eigenvalue weighted by molar-refractivity contribution is -0.119. The summed E-state index contributed by atoms with van der Waals surface area (Å²) in [6.07, 6.45) is 0.541. The first-order chi connectivity index (χ1) is 13.0. The highest BCUT2D eigenvalue weighted by Crippen LogP contribution is 2.16. The Labute approximate surface area is 155 Å². The van der Waals surface area contributed by atoms with Crippen LogP contribution in [0.3, 0.4) is 0 Å². The summed E-state index contributed by atoms with van der Waals surface area (Å²) in [6, 6.07) is 13.0. The Bertz CT molecular complexity index is 767. The van der Waals surface area contributed by atoms with Gasteiger partial charge in [-0.05, 0) is 36.2 Å². The second-order valence-electron chi connectivity index (χ2n) is 5.51. The predicted molar refractivity (Wildman–Crippen MR) is 96.1 cm³/mol. The van der Waals surface area contributed by atoms with Gasteiger partial charge in [0.2, 0.25) is 5.91 Å². The normalized spacial score (nSPS) is 10.4. The van der Waals surface area contributed by atoms with Crippen molar-refractivity contribution in [3.63, 3.8) is 0 Å². The number of nitrogens with one attached hydrogen (secondary N) is 2. The first-order valence-corrected chi connectivity index (χ1v) is 8.21. The third kappa shape index (κ3) is 6.58. The number of carbonyl (C=O) groups excluding carboxylic acids is 2. The third-order valence-electron chi connectivity index (χ3n) is 3.66. The summed E-state index contributed by atoms with van der Waals surface area (Å²) >= 11 is 0. The van der Waals surface area contributed by atoms with Crippen molar-refractivity contribution >= 4 is 17.6 Å². The SMILES string of the molecule is COC(=O)c1ccccc1NCC(=O)NCCc1ccc(OC(F)F)cc1. The van der Waals surface area contributed by atoms with Crippen LogP contribution < -0.4 is 15.4 Å². The van der Waals surface area contributed by atoms with Gasteiger partial charge in [0.15, 0.2) is 0 Å². The van der Waals surface area contributed by atoms with Crippen molar-refractivity contribution in [2.24, 2.45) is 0 Å². The molecule has 27 heavy (non-hydrogen) atoms. The number of hydrogen-bond donors (Lipinski definition) is 2. The summed E-state index contributed by atoms with van der Waals surface area (Å²) in [5, 5.41) is 5.64. The van der Waals surface area contributed by atoms with Crippen molar-refractivity contribution in [3.8, 4) is 5.75 Å². The average molecular weight is 378 g/mol. The van der Waals surface area contributed by atoms with Crippen molar-refractivity contribution in [2.45, 2.75) is 13.0 Å². The molecule has 0 unspecified atom stereocenters. The van der Waals surface area contributed by atoms with Crippen LogP contribution in [0.2, 0.25) is 0 Å². The zero-order valence-corrected chi connectivity index (χ0v) is 14.7. The van der Waals surface area contributed by atoms with Gasteiger partial charge in [-0.2, -0.15) is 8.78 Å². The Hall–Kier alpha value is -3.16. The van der Waals surface area contributed by atoms with Gasteiger partial charge in [-0.1, -0.05) is 24.3 Å². The molecule has 0 saturated carbocycles. The Kier molecular flexibility index (Phi) is 7.54. The van der Waals surface area contributed by atoms with Crippen LogP contribution in [0, 0.1) is 0 Å². The number of hydrogen-bond acceptors (Lipinski definition) is 5. The minimum absolute atomic E-state index is 0.00479. The van der Waals surface area contributed by atoms with Gasteiger partial charge >= 0.3 is 12.6 Å². The molecule has 0 aliphatic carbocycles. The summed E-state index contributed by atoms with van der Waals surface area (Å²) in [7, 11) is 1.29. The van der Waals surface area contributed by atoms with Gasteiger partial charge in [-0.3, -0.25) is 4.79 Å². The van der Waals surface area contributed by atoms with E-state index in [1.54, 1.807) is 36.4 Å². The van der Waals surface area contributed by atoms with Crippen molar-refractivity contribution < 1.29 is 27.8 Å². The third-order valence-corrected chi connectivity index (χ3v) is 3.66. The summed E-state index contributed by atoms with van der Waals surface area (Å²) in [6.45, 7) is -2.48. The van der Waals surface area contributed by atoms with Crippen molar-refractivity contribution in [1.29, 1.82) is 0 Å². The molecule has 2 aromatic rings. The van der Waals surface area contributed by atoms with E-state index >= 15 is 0 Å². The van der Waals surface area contributed by atoms with Crippen LogP contribution in [-0.2, 0) is 16.0 Å². The van der Waals surface area contributed by atoms with Crippen LogP contribution in [0.5, 0.6) is 5.75 Å². The van der Waals surface area contributed by atoms with Gasteiger partial charge in [-0.15, -0.1) is 0 Å². The molecule has 0 aromatic heterocycles. The number of amides is 1. The molecule has 0 fully saturated rings. The van der Waals surface area contributed by atoms with Gasteiger partial charge in [0.25, 0.3) is 0 Å². The van der Waals surface area contributed by atoms with Crippen LogP contribution in [-0.4, -0.2) is 38.7 Å². The lowest BCUT2D eigenvalue weighted by Crippen LogP contribution is -2.31. The van der Waals surface area contributed by atoms with E-state index < -0.39 is 12.6 Å². The summed E-state index contributed by atoms with van der Waals surface area (Å²) in [5.74, 6) is -0.642. The highest BCUT2D eigenvalue weighted by atomic mass is 19.3.